The lowest BCUT2D eigenvalue weighted by Crippen LogP contribution is -2.19. The first-order chi connectivity index (χ1) is 11.2. The standard InChI is InChI=1S/C18H17F3N2O/c1-17(2,24-3)14-7-4-12(5-8-14)13-6-9-15-10-22-16(18(19,20)21)23(15)11-13/h4-11H,1-3H3. The molecule has 2 aromatic heterocycles. The Morgan fingerprint density at radius 1 is 0.958 bits per heavy atom. The molecule has 0 fully saturated rings. The van der Waals surface area contributed by atoms with Crippen LogP contribution in [0.5, 0.6) is 0 Å². The van der Waals surface area contributed by atoms with E-state index >= 15 is 0 Å². The predicted molar refractivity (Wildman–Crippen MR) is 85.7 cm³/mol. The van der Waals surface area contributed by atoms with E-state index in [1.807, 2.05) is 38.1 Å². The van der Waals surface area contributed by atoms with Crippen LogP contribution in [0.15, 0.2) is 48.8 Å². The predicted octanol–water partition coefficient (Wildman–Crippen LogP) is 4.90. The van der Waals surface area contributed by atoms with Crippen molar-refractivity contribution in [2.75, 3.05) is 7.11 Å². The van der Waals surface area contributed by atoms with Gasteiger partial charge in [-0.3, -0.25) is 4.40 Å². The van der Waals surface area contributed by atoms with Crippen LogP contribution < -0.4 is 0 Å². The van der Waals surface area contributed by atoms with E-state index in [0.29, 0.717) is 11.1 Å². The molecule has 24 heavy (non-hydrogen) atoms. The van der Waals surface area contributed by atoms with Gasteiger partial charge in [-0.15, -0.1) is 0 Å². The Bertz CT molecular complexity index is 864. The number of benzene rings is 1. The number of halogens is 3. The lowest BCUT2D eigenvalue weighted by Gasteiger charge is -2.23. The summed E-state index contributed by atoms with van der Waals surface area (Å²) in [6, 6.07) is 11.0. The lowest BCUT2D eigenvalue weighted by atomic mass is 9.95. The average molecular weight is 334 g/mol. The van der Waals surface area contributed by atoms with Crippen molar-refractivity contribution >= 4 is 5.52 Å². The molecule has 3 aromatic rings. The molecule has 0 bridgehead atoms. The molecule has 1 aromatic carbocycles. The van der Waals surface area contributed by atoms with Crippen molar-refractivity contribution < 1.29 is 17.9 Å². The van der Waals surface area contributed by atoms with E-state index in [-0.39, 0.29) is 0 Å². The fourth-order valence-electron chi connectivity index (χ4n) is 2.55. The van der Waals surface area contributed by atoms with Crippen molar-refractivity contribution in [3.8, 4) is 11.1 Å². The smallest absolute Gasteiger partial charge is 0.374 e. The zero-order valence-corrected chi connectivity index (χ0v) is 13.6. The first kappa shape index (κ1) is 16.5. The van der Waals surface area contributed by atoms with E-state index < -0.39 is 17.6 Å². The normalized spacial score (nSPS) is 12.8. The molecular formula is C18H17F3N2O. The van der Waals surface area contributed by atoms with Gasteiger partial charge in [-0.2, -0.15) is 13.2 Å². The molecule has 6 heteroatoms. The first-order valence-electron chi connectivity index (χ1n) is 7.43. The fourth-order valence-corrected chi connectivity index (χ4v) is 2.55. The van der Waals surface area contributed by atoms with Crippen LogP contribution in [0.25, 0.3) is 16.6 Å². The minimum absolute atomic E-state index is 0.406. The van der Waals surface area contributed by atoms with Crippen LogP contribution >= 0.6 is 0 Å². The second-order valence-corrected chi connectivity index (χ2v) is 6.08. The molecule has 126 valence electrons. The summed E-state index contributed by atoms with van der Waals surface area (Å²) in [7, 11) is 1.64. The third kappa shape index (κ3) is 2.89. The fraction of sp³-hybridized carbons (Fsp3) is 0.278. The van der Waals surface area contributed by atoms with Gasteiger partial charge in [0.25, 0.3) is 0 Å². The van der Waals surface area contributed by atoms with Crippen LogP contribution in [0.2, 0.25) is 0 Å². The van der Waals surface area contributed by atoms with E-state index in [1.54, 1.807) is 19.2 Å². The van der Waals surface area contributed by atoms with Crippen LogP contribution in [0.4, 0.5) is 13.2 Å². The highest BCUT2D eigenvalue weighted by Gasteiger charge is 2.35. The summed E-state index contributed by atoms with van der Waals surface area (Å²) in [5.41, 5.74) is 2.50. The molecule has 0 N–H and O–H groups in total. The third-order valence-corrected chi connectivity index (χ3v) is 4.20. The van der Waals surface area contributed by atoms with Gasteiger partial charge in [0.1, 0.15) is 0 Å². The number of imidazole rings is 1. The summed E-state index contributed by atoms with van der Waals surface area (Å²) in [6.07, 6.45) is -1.81. The monoisotopic (exact) mass is 334 g/mol. The average Bonchev–Trinajstić information content (AvgIpc) is 2.98. The first-order valence-corrected chi connectivity index (χ1v) is 7.43. The maximum Gasteiger partial charge on any atom is 0.450 e. The second kappa shape index (κ2) is 5.63. The van der Waals surface area contributed by atoms with Gasteiger partial charge in [-0.1, -0.05) is 30.3 Å². The summed E-state index contributed by atoms with van der Waals surface area (Å²) < 4.78 is 45.5. The number of hydrogen-bond acceptors (Lipinski definition) is 2. The van der Waals surface area contributed by atoms with Crippen molar-refractivity contribution in [3.05, 3.63) is 60.2 Å². The van der Waals surface area contributed by atoms with Crippen molar-refractivity contribution in [1.82, 2.24) is 9.38 Å². The van der Waals surface area contributed by atoms with Gasteiger partial charge in [0, 0.05) is 13.3 Å². The molecule has 3 rings (SSSR count). The lowest BCUT2D eigenvalue weighted by molar-refractivity contribution is -0.145. The Morgan fingerprint density at radius 3 is 2.17 bits per heavy atom. The molecule has 0 spiro atoms. The van der Waals surface area contributed by atoms with Gasteiger partial charge in [-0.05, 0) is 36.6 Å². The highest BCUT2D eigenvalue weighted by atomic mass is 19.4. The molecule has 0 atom stereocenters. The van der Waals surface area contributed by atoms with Gasteiger partial charge in [0.05, 0.1) is 17.3 Å². The summed E-state index contributed by atoms with van der Waals surface area (Å²) in [4.78, 5) is 3.48. The number of fused-ring (bicyclic) bond motifs is 1. The van der Waals surface area contributed by atoms with Crippen LogP contribution in [-0.2, 0) is 16.5 Å². The number of ether oxygens (including phenoxy) is 1. The molecule has 0 radical (unpaired) electrons. The van der Waals surface area contributed by atoms with Crippen LogP contribution in [0, 0.1) is 0 Å². The maximum atomic E-state index is 13.0. The highest BCUT2D eigenvalue weighted by molar-refractivity contribution is 5.66. The van der Waals surface area contributed by atoms with Gasteiger partial charge in [0.2, 0.25) is 5.82 Å². The zero-order chi connectivity index (χ0) is 17.5. The Kier molecular flexibility index (Phi) is 3.87. The SMILES string of the molecule is COC(C)(C)c1ccc(-c2ccc3cnc(C(F)(F)F)n3c2)cc1. The van der Waals surface area contributed by atoms with Gasteiger partial charge >= 0.3 is 6.18 Å². The summed E-state index contributed by atoms with van der Waals surface area (Å²) in [5.74, 6) is -0.920. The number of aromatic nitrogens is 2. The van der Waals surface area contributed by atoms with Gasteiger partial charge < -0.3 is 4.74 Å². The number of alkyl halides is 3. The highest BCUT2D eigenvalue weighted by Crippen LogP contribution is 2.31. The largest absolute Gasteiger partial charge is 0.450 e. The minimum Gasteiger partial charge on any atom is -0.374 e. The molecule has 2 heterocycles. The van der Waals surface area contributed by atoms with E-state index in [2.05, 4.69) is 4.98 Å². The summed E-state index contributed by atoms with van der Waals surface area (Å²) >= 11 is 0. The minimum atomic E-state index is -4.49. The van der Waals surface area contributed by atoms with Gasteiger partial charge in [0.15, 0.2) is 0 Å². The molecule has 0 aliphatic carbocycles. The number of methoxy groups -OCH3 is 1. The van der Waals surface area contributed by atoms with Gasteiger partial charge in [-0.25, -0.2) is 4.98 Å². The Labute approximate surface area is 137 Å². The summed E-state index contributed by atoms with van der Waals surface area (Å²) in [5, 5.41) is 0. The quantitative estimate of drug-likeness (QED) is 0.681. The zero-order valence-electron chi connectivity index (χ0n) is 13.6. The number of nitrogens with zero attached hydrogens (tertiary/aromatic N) is 2. The summed E-state index contributed by atoms with van der Waals surface area (Å²) in [6.45, 7) is 3.91. The Morgan fingerprint density at radius 2 is 1.58 bits per heavy atom. The number of pyridine rings is 1. The molecular weight excluding hydrogens is 317 g/mol. The molecule has 0 unspecified atom stereocenters. The number of rotatable bonds is 3. The Balaban J connectivity index is 2.04. The van der Waals surface area contributed by atoms with Crippen molar-refractivity contribution in [2.45, 2.75) is 25.6 Å². The molecule has 3 nitrogen and oxygen atoms in total. The Hall–Kier alpha value is -2.34. The van der Waals surface area contributed by atoms with Crippen LogP contribution in [-0.4, -0.2) is 16.5 Å². The van der Waals surface area contributed by atoms with Crippen LogP contribution in [0.1, 0.15) is 25.2 Å². The third-order valence-electron chi connectivity index (χ3n) is 4.20. The van der Waals surface area contributed by atoms with Crippen molar-refractivity contribution in [2.24, 2.45) is 0 Å². The van der Waals surface area contributed by atoms with Crippen molar-refractivity contribution in [3.63, 3.8) is 0 Å². The second-order valence-electron chi connectivity index (χ2n) is 6.08. The van der Waals surface area contributed by atoms with E-state index in [1.165, 1.54) is 12.4 Å². The molecule has 0 aliphatic heterocycles. The van der Waals surface area contributed by atoms with E-state index in [0.717, 1.165) is 15.5 Å². The molecule has 0 aliphatic rings. The number of hydrogen-bond donors (Lipinski definition) is 0. The van der Waals surface area contributed by atoms with Crippen LogP contribution in [0.3, 0.4) is 0 Å². The van der Waals surface area contributed by atoms with E-state index in [9.17, 15) is 13.2 Å². The topological polar surface area (TPSA) is 26.5 Å². The van der Waals surface area contributed by atoms with Crippen molar-refractivity contribution in [1.29, 1.82) is 0 Å². The maximum absolute atomic E-state index is 13.0. The molecule has 0 saturated heterocycles. The van der Waals surface area contributed by atoms with E-state index in [4.69, 9.17) is 4.74 Å². The molecule has 0 saturated carbocycles. The molecule has 0 amide bonds.